The lowest BCUT2D eigenvalue weighted by Crippen LogP contribution is -2.44. The number of aromatic nitrogens is 1. The van der Waals surface area contributed by atoms with Crippen LogP contribution in [0.2, 0.25) is 0 Å². The summed E-state index contributed by atoms with van der Waals surface area (Å²) in [5, 5.41) is 7.12. The van der Waals surface area contributed by atoms with Crippen LogP contribution in [0.15, 0.2) is 24.5 Å². The number of nitrogens with zero attached hydrogens (tertiary/aromatic N) is 3. The molecule has 1 aromatic heterocycles. The number of aliphatic carboxylic acids is 1. The Bertz CT molecular complexity index is 759. The van der Waals surface area contributed by atoms with Gasteiger partial charge in [0.05, 0.1) is 32.3 Å². The fraction of sp³-hybridized carbons (Fsp3) is 0.667. The smallest absolute Gasteiger partial charge is 0.475 e. The molecule has 0 spiro atoms. The Morgan fingerprint density at radius 3 is 2.56 bits per heavy atom. The largest absolute Gasteiger partial charge is 0.490 e. The third-order valence-corrected chi connectivity index (χ3v) is 5.99. The van der Waals surface area contributed by atoms with E-state index in [-0.39, 0.29) is 12.0 Å². The number of rotatable bonds is 4. The number of piperidine rings is 1. The van der Waals surface area contributed by atoms with Crippen molar-refractivity contribution in [2.45, 2.75) is 31.7 Å². The molecule has 0 unspecified atom stereocenters. The Balaban J connectivity index is 0.000000360. The van der Waals surface area contributed by atoms with Gasteiger partial charge in [0.1, 0.15) is 0 Å². The summed E-state index contributed by atoms with van der Waals surface area (Å²) in [6.45, 7) is 6.63. The van der Waals surface area contributed by atoms with Gasteiger partial charge in [-0.15, -0.1) is 0 Å². The zero-order valence-electron chi connectivity index (χ0n) is 17.7. The maximum atomic E-state index is 12.5. The van der Waals surface area contributed by atoms with Crippen LogP contribution in [0, 0.1) is 11.8 Å². The molecule has 3 fully saturated rings. The van der Waals surface area contributed by atoms with Crippen LogP contribution in [-0.2, 0) is 25.6 Å². The summed E-state index contributed by atoms with van der Waals surface area (Å²) < 4.78 is 43.1. The minimum atomic E-state index is -5.08. The third kappa shape index (κ3) is 6.88. The van der Waals surface area contributed by atoms with Gasteiger partial charge in [-0.25, -0.2) is 4.79 Å². The summed E-state index contributed by atoms with van der Waals surface area (Å²) in [5.74, 6) is -1.46. The van der Waals surface area contributed by atoms with Crippen LogP contribution in [0.25, 0.3) is 0 Å². The van der Waals surface area contributed by atoms with E-state index >= 15 is 0 Å². The topological polar surface area (TPSA) is 92.2 Å². The van der Waals surface area contributed by atoms with E-state index in [1.807, 2.05) is 23.4 Å². The van der Waals surface area contributed by atoms with Crippen molar-refractivity contribution in [3.63, 3.8) is 0 Å². The standard InChI is InChI=1S/C19H27N3O3.C2HF3O2/c23-19(22-6-8-24-9-7-22)10-18-17-3-5-21(13-16(17)14-25-18)12-15-2-1-4-20-11-15;3-2(4,5)1(6)7/h1-2,4,11,16-18H,3,5-10,12-14H2;(H,6,7)/t16-,17-,18-;/m1./s1. The van der Waals surface area contributed by atoms with E-state index in [0.717, 1.165) is 45.8 Å². The van der Waals surface area contributed by atoms with Gasteiger partial charge >= 0.3 is 12.1 Å². The fourth-order valence-electron chi connectivity index (χ4n) is 4.38. The molecule has 1 aromatic rings. The van der Waals surface area contributed by atoms with Crippen LogP contribution in [0.3, 0.4) is 0 Å². The lowest BCUT2D eigenvalue weighted by molar-refractivity contribution is -0.192. The van der Waals surface area contributed by atoms with Crippen molar-refractivity contribution >= 4 is 11.9 Å². The Kier molecular flexibility index (Phi) is 8.44. The van der Waals surface area contributed by atoms with Crippen LogP contribution >= 0.6 is 0 Å². The predicted molar refractivity (Wildman–Crippen MR) is 107 cm³/mol. The number of morpholine rings is 1. The minimum Gasteiger partial charge on any atom is -0.475 e. The van der Waals surface area contributed by atoms with Gasteiger partial charge in [-0.2, -0.15) is 13.2 Å². The van der Waals surface area contributed by atoms with E-state index in [2.05, 4.69) is 16.0 Å². The van der Waals surface area contributed by atoms with E-state index in [1.54, 1.807) is 0 Å². The number of carbonyl (C=O) groups excluding carboxylic acids is 1. The van der Waals surface area contributed by atoms with Gasteiger partial charge in [0, 0.05) is 44.5 Å². The molecular formula is C21H28F3N3O5. The molecule has 0 radical (unpaired) electrons. The summed E-state index contributed by atoms with van der Waals surface area (Å²) in [6.07, 6.45) is 0.425. The number of amides is 1. The quantitative estimate of drug-likeness (QED) is 0.734. The molecule has 4 rings (SSSR count). The first kappa shape index (κ1) is 24.4. The number of pyridine rings is 1. The predicted octanol–water partition coefficient (Wildman–Crippen LogP) is 1.80. The molecular weight excluding hydrogens is 431 g/mol. The number of carboxylic acid groups (broad SMARTS) is 1. The second kappa shape index (κ2) is 11.1. The fourth-order valence-corrected chi connectivity index (χ4v) is 4.38. The molecule has 4 heterocycles. The van der Waals surface area contributed by atoms with Crippen LogP contribution in [-0.4, -0.2) is 90.0 Å². The summed E-state index contributed by atoms with van der Waals surface area (Å²) in [7, 11) is 0. The highest BCUT2D eigenvalue weighted by atomic mass is 19.4. The molecule has 3 saturated heterocycles. The van der Waals surface area contributed by atoms with Crippen molar-refractivity contribution < 1.29 is 37.3 Å². The summed E-state index contributed by atoms with van der Waals surface area (Å²) in [5.41, 5.74) is 1.26. The third-order valence-electron chi connectivity index (χ3n) is 5.99. The average Bonchev–Trinajstić information content (AvgIpc) is 3.17. The number of fused-ring (bicyclic) bond motifs is 1. The zero-order valence-corrected chi connectivity index (χ0v) is 17.7. The molecule has 3 atom stereocenters. The van der Waals surface area contributed by atoms with Gasteiger partial charge in [0.15, 0.2) is 0 Å². The molecule has 0 aromatic carbocycles. The second-order valence-electron chi connectivity index (χ2n) is 8.18. The maximum absolute atomic E-state index is 12.5. The molecule has 0 saturated carbocycles. The van der Waals surface area contributed by atoms with Crippen molar-refractivity contribution in [2.24, 2.45) is 11.8 Å². The highest BCUT2D eigenvalue weighted by Crippen LogP contribution is 2.36. The number of ether oxygens (including phenoxy) is 2. The Labute approximate surface area is 184 Å². The highest BCUT2D eigenvalue weighted by molar-refractivity contribution is 5.77. The van der Waals surface area contributed by atoms with Crippen LogP contribution < -0.4 is 0 Å². The van der Waals surface area contributed by atoms with Crippen LogP contribution in [0.1, 0.15) is 18.4 Å². The highest BCUT2D eigenvalue weighted by Gasteiger charge is 2.42. The average molecular weight is 459 g/mol. The van der Waals surface area contributed by atoms with Crippen LogP contribution in [0.5, 0.6) is 0 Å². The Hall–Kier alpha value is -2.24. The normalized spacial score (nSPS) is 26.1. The van der Waals surface area contributed by atoms with Crippen molar-refractivity contribution in [1.29, 1.82) is 0 Å². The van der Waals surface area contributed by atoms with Crippen LogP contribution in [0.4, 0.5) is 13.2 Å². The number of hydrogen-bond donors (Lipinski definition) is 1. The second-order valence-corrected chi connectivity index (χ2v) is 8.18. The van der Waals surface area contributed by atoms with Crippen molar-refractivity contribution in [1.82, 2.24) is 14.8 Å². The number of carboxylic acids is 1. The van der Waals surface area contributed by atoms with Crippen molar-refractivity contribution in [2.75, 3.05) is 46.0 Å². The van der Waals surface area contributed by atoms with E-state index in [1.165, 1.54) is 5.56 Å². The molecule has 3 aliphatic heterocycles. The van der Waals surface area contributed by atoms with Gasteiger partial charge in [-0.1, -0.05) is 6.07 Å². The zero-order chi connectivity index (χ0) is 23.1. The van der Waals surface area contributed by atoms with E-state index < -0.39 is 12.1 Å². The number of carbonyl (C=O) groups is 2. The monoisotopic (exact) mass is 459 g/mol. The summed E-state index contributed by atoms with van der Waals surface area (Å²) >= 11 is 0. The molecule has 0 aliphatic carbocycles. The maximum Gasteiger partial charge on any atom is 0.490 e. The van der Waals surface area contributed by atoms with E-state index in [4.69, 9.17) is 19.4 Å². The molecule has 1 amide bonds. The first-order valence-corrected chi connectivity index (χ1v) is 10.6. The van der Waals surface area contributed by atoms with Gasteiger partial charge in [0.2, 0.25) is 5.91 Å². The Morgan fingerprint density at radius 2 is 1.94 bits per heavy atom. The molecule has 1 N–H and O–H groups in total. The SMILES string of the molecule is O=C(C[C@H]1OC[C@H]2CN(Cc3cccnc3)CC[C@H]21)N1CCOCC1.O=C(O)C(F)(F)F. The van der Waals surface area contributed by atoms with Gasteiger partial charge in [-0.3, -0.25) is 14.7 Å². The van der Waals surface area contributed by atoms with Crippen molar-refractivity contribution in [3.8, 4) is 0 Å². The molecule has 32 heavy (non-hydrogen) atoms. The summed E-state index contributed by atoms with van der Waals surface area (Å²) in [6, 6.07) is 4.13. The van der Waals surface area contributed by atoms with Gasteiger partial charge < -0.3 is 19.5 Å². The molecule has 3 aliphatic rings. The number of halogens is 3. The minimum absolute atomic E-state index is 0.0980. The lowest BCUT2D eigenvalue weighted by Gasteiger charge is -2.36. The number of hydrogen-bond acceptors (Lipinski definition) is 6. The van der Waals surface area contributed by atoms with E-state index in [0.29, 0.717) is 31.5 Å². The summed E-state index contributed by atoms with van der Waals surface area (Å²) in [4.78, 5) is 30.0. The molecule has 11 heteroatoms. The van der Waals surface area contributed by atoms with Gasteiger partial charge in [-0.05, 0) is 30.5 Å². The molecule has 0 bridgehead atoms. The first-order chi connectivity index (χ1) is 15.2. The Morgan fingerprint density at radius 1 is 1.22 bits per heavy atom. The first-order valence-electron chi connectivity index (χ1n) is 10.6. The van der Waals surface area contributed by atoms with E-state index in [9.17, 15) is 18.0 Å². The van der Waals surface area contributed by atoms with Gasteiger partial charge in [0.25, 0.3) is 0 Å². The number of alkyl halides is 3. The molecule has 178 valence electrons. The lowest BCUT2D eigenvalue weighted by atomic mass is 9.83. The molecule has 8 nitrogen and oxygen atoms in total. The number of likely N-dealkylation sites (tertiary alicyclic amines) is 1. The van der Waals surface area contributed by atoms with Crippen molar-refractivity contribution in [3.05, 3.63) is 30.1 Å².